The third kappa shape index (κ3) is 1.33. The van der Waals surface area contributed by atoms with Crippen molar-refractivity contribution in [2.24, 2.45) is 13.0 Å². The number of hydrogen-bond donors (Lipinski definition) is 2. The molecular weight excluding hydrogens is 216 g/mol. The summed E-state index contributed by atoms with van der Waals surface area (Å²) < 4.78 is 2.09. The molecule has 0 aliphatic heterocycles. The Hall–Kier alpha value is -1.97. The molecular formula is C13H14N2O2. The van der Waals surface area contributed by atoms with Gasteiger partial charge in [0.1, 0.15) is 0 Å². The monoisotopic (exact) mass is 230 g/mol. The van der Waals surface area contributed by atoms with Gasteiger partial charge in [-0.2, -0.15) is 0 Å². The SMILES string of the molecule is Cn1c2c(c3cc(N)ccc31)C[C@@H](C(=O)O)C2. The first-order chi connectivity index (χ1) is 8.08. The van der Waals surface area contributed by atoms with Crippen LogP contribution in [0.15, 0.2) is 18.2 Å². The van der Waals surface area contributed by atoms with Gasteiger partial charge < -0.3 is 15.4 Å². The highest BCUT2D eigenvalue weighted by Crippen LogP contribution is 2.35. The number of benzene rings is 1. The second kappa shape index (κ2) is 3.26. The van der Waals surface area contributed by atoms with E-state index < -0.39 is 5.97 Å². The van der Waals surface area contributed by atoms with Crippen molar-refractivity contribution in [3.63, 3.8) is 0 Å². The van der Waals surface area contributed by atoms with Gasteiger partial charge in [0.2, 0.25) is 0 Å². The molecule has 0 amide bonds. The summed E-state index contributed by atoms with van der Waals surface area (Å²) in [5.41, 5.74) is 9.95. The van der Waals surface area contributed by atoms with E-state index in [1.807, 2.05) is 25.2 Å². The Morgan fingerprint density at radius 2 is 2.24 bits per heavy atom. The van der Waals surface area contributed by atoms with Crippen LogP contribution in [0.5, 0.6) is 0 Å². The summed E-state index contributed by atoms with van der Waals surface area (Å²) >= 11 is 0. The second-order valence-corrected chi connectivity index (χ2v) is 4.70. The van der Waals surface area contributed by atoms with Crippen LogP contribution in [-0.2, 0) is 24.7 Å². The highest BCUT2D eigenvalue weighted by molar-refractivity contribution is 5.90. The first kappa shape index (κ1) is 10.2. The molecule has 4 heteroatoms. The lowest BCUT2D eigenvalue weighted by Gasteiger charge is -2.05. The summed E-state index contributed by atoms with van der Waals surface area (Å²) in [7, 11) is 1.99. The van der Waals surface area contributed by atoms with Gasteiger partial charge in [-0.05, 0) is 30.2 Å². The van der Waals surface area contributed by atoms with Gasteiger partial charge in [0.05, 0.1) is 5.92 Å². The fourth-order valence-corrected chi connectivity index (χ4v) is 2.81. The van der Waals surface area contributed by atoms with Crippen molar-refractivity contribution in [1.29, 1.82) is 0 Å². The highest BCUT2D eigenvalue weighted by Gasteiger charge is 2.31. The Labute approximate surface area is 98.6 Å². The summed E-state index contributed by atoms with van der Waals surface area (Å²) in [6, 6.07) is 5.82. The first-order valence-electron chi connectivity index (χ1n) is 5.66. The predicted octanol–water partition coefficient (Wildman–Crippen LogP) is 1.56. The van der Waals surface area contributed by atoms with Gasteiger partial charge in [-0.25, -0.2) is 0 Å². The summed E-state index contributed by atoms with van der Waals surface area (Å²) in [5, 5.41) is 10.2. The lowest BCUT2D eigenvalue weighted by molar-refractivity contribution is -0.141. The third-order valence-electron chi connectivity index (χ3n) is 3.70. The van der Waals surface area contributed by atoms with E-state index >= 15 is 0 Å². The topological polar surface area (TPSA) is 68.2 Å². The minimum absolute atomic E-state index is 0.281. The summed E-state index contributed by atoms with van der Waals surface area (Å²) in [6.45, 7) is 0. The molecule has 3 rings (SSSR count). The molecule has 17 heavy (non-hydrogen) atoms. The number of aliphatic carboxylic acids is 1. The minimum atomic E-state index is -0.710. The van der Waals surface area contributed by atoms with Gasteiger partial charge in [-0.3, -0.25) is 4.79 Å². The number of aromatic nitrogens is 1. The van der Waals surface area contributed by atoms with E-state index in [0.29, 0.717) is 12.8 Å². The molecule has 0 fully saturated rings. The molecule has 4 nitrogen and oxygen atoms in total. The van der Waals surface area contributed by atoms with E-state index in [0.717, 1.165) is 27.8 Å². The molecule has 0 bridgehead atoms. The largest absolute Gasteiger partial charge is 0.481 e. The van der Waals surface area contributed by atoms with Crippen molar-refractivity contribution in [3.8, 4) is 0 Å². The normalized spacial score (nSPS) is 18.5. The van der Waals surface area contributed by atoms with Gasteiger partial charge in [-0.15, -0.1) is 0 Å². The van der Waals surface area contributed by atoms with Gasteiger partial charge >= 0.3 is 5.97 Å². The second-order valence-electron chi connectivity index (χ2n) is 4.70. The highest BCUT2D eigenvalue weighted by atomic mass is 16.4. The number of aryl methyl sites for hydroxylation is 1. The molecule has 3 N–H and O–H groups in total. The Morgan fingerprint density at radius 1 is 1.47 bits per heavy atom. The van der Waals surface area contributed by atoms with Crippen LogP contribution < -0.4 is 5.73 Å². The van der Waals surface area contributed by atoms with Crippen LogP contribution in [-0.4, -0.2) is 15.6 Å². The van der Waals surface area contributed by atoms with Crippen LogP contribution >= 0.6 is 0 Å². The Kier molecular flexibility index (Phi) is 1.96. The smallest absolute Gasteiger partial charge is 0.307 e. The average Bonchev–Trinajstić information content (AvgIpc) is 2.80. The van der Waals surface area contributed by atoms with Crippen LogP contribution in [0.3, 0.4) is 0 Å². The first-order valence-corrected chi connectivity index (χ1v) is 5.66. The Bertz CT molecular complexity index is 628. The number of nitrogen functional groups attached to an aromatic ring is 1. The van der Waals surface area contributed by atoms with E-state index in [1.54, 1.807) is 0 Å². The molecule has 1 aromatic heterocycles. The summed E-state index contributed by atoms with van der Waals surface area (Å²) in [6.07, 6.45) is 1.24. The third-order valence-corrected chi connectivity index (χ3v) is 3.70. The minimum Gasteiger partial charge on any atom is -0.481 e. The average molecular weight is 230 g/mol. The van der Waals surface area contributed by atoms with Gasteiger partial charge in [-0.1, -0.05) is 0 Å². The van der Waals surface area contributed by atoms with Crippen molar-refractivity contribution < 1.29 is 9.90 Å². The Balaban J connectivity index is 2.21. The molecule has 1 aliphatic rings. The molecule has 0 unspecified atom stereocenters. The number of hydrogen-bond acceptors (Lipinski definition) is 2. The van der Waals surface area contributed by atoms with Crippen molar-refractivity contribution >= 4 is 22.6 Å². The van der Waals surface area contributed by atoms with Crippen LogP contribution in [0.2, 0.25) is 0 Å². The molecule has 0 saturated heterocycles. The van der Waals surface area contributed by atoms with Crippen LogP contribution in [0.1, 0.15) is 11.3 Å². The molecule has 1 heterocycles. The maximum absolute atomic E-state index is 11.0. The zero-order valence-corrected chi connectivity index (χ0v) is 9.60. The van der Waals surface area contributed by atoms with Crippen molar-refractivity contribution in [1.82, 2.24) is 4.57 Å². The molecule has 0 spiro atoms. The predicted molar refractivity (Wildman–Crippen MR) is 65.9 cm³/mol. The van der Waals surface area contributed by atoms with Crippen molar-refractivity contribution in [2.75, 3.05) is 5.73 Å². The number of fused-ring (bicyclic) bond motifs is 3. The van der Waals surface area contributed by atoms with Crippen LogP contribution in [0.4, 0.5) is 5.69 Å². The van der Waals surface area contributed by atoms with Gasteiger partial charge in [0, 0.05) is 35.8 Å². The lowest BCUT2D eigenvalue weighted by Crippen LogP contribution is -2.14. The maximum atomic E-state index is 11.0. The maximum Gasteiger partial charge on any atom is 0.307 e. The van der Waals surface area contributed by atoms with Crippen molar-refractivity contribution in [3.05, 3.63) is 29.5 Å². The lowest BCUT2D eigenvalue weighted by atomic mass is 10.1. The number of carbonyl (C=O) groups is 1. The van der Waals surface area contributed by atoms with Crippen LogP contribution in [0.25, 0.3) is 10.9 Å². The number of nitrogens with two attached hydrogens (primary N) is 1. The molecule has 88 valence electrons. The van der Waals surface area contributed by atoms with Gasteiger partial charge in [0.15, 0.2) is 0 Å². The van der Waals surface area contributed by atoms with E-state index in [9.17, 15) is 4.79 Å². The number of carboxylic acid groups (broad SMARTS) is 1. The fourth-order valence-electron chi connectivity index (χ4n) is 2.81. The quantitative estimate of drug-likeness (QED) is 0.730. The molecule has 2 aromatic rings. The summed E-state index contributed by atoms with van der Waals surface area (Å²) in [4.78, 5) is 11.0. The number of nitrogens with zero attached hydrogens (tertiary/aromatic N) is 1. The van der Waals surface area contributed by atoms with E-state index in [-0.39, 0.29) is 5.92 Å². The molecule has 1 aromatic carbocycles. The Morgan fingerprint density at radius 3 is 2.94 bits per heavy atom. The number of anilines is 1. The molecule has 0 radical (unpaired) electrons. The zero-order valence-electron chi connectivity index (χ0n) is 9.60. The molecule has 1 aliphatic carbocycles. The molecule has 1 atom stereocenters. The molecule has 0 saturated carbocycles. The standard InChI is InChI=1S/C13H14N2O2/c1-15-11-3-2-8(14)6-10(11)9-4-7(13(16)17)5-12(9)15/h2-3,6-7H,4-5,14H2,1H3,(H,16,17)/t7-/m1/s1. The zero-order chi connectivity index (χ0) is 12.2. The van der Waals surface area contributed by atoms with Gasteiger partial charge in [0.25, 0.3) is 0 Å². The summed E-state index contributed by atoms with van der Waals surface area (Å²) in [5.74, 6) is -0.990. The van der Waals surface area contributed by atoms with Crippen molar-refractivity contribution in [2.45, 2.75) is 12.8 Å². The fraction of sp³-hybridized carbons (Fsp3) is 0.308. The van der Waals surface area contributed by atoms with E-state index in [2.05, 4.69) is 4.57 Å². The number of rotatable bonds is 1. The number of carboxylic acids is 1. The van der Waals surface area contributed by atoms with E-state index in [4.69, 9.17) is 10.8 Å². The van der Waals surface area contributed by atoms with Crippen LogP contribution in [0, 0.1) is 5.92 Å². The van der Waals surface area contributed by atoms with E-state index in [1.165, 1.54) is 0 Å².